The van der Waals surface area contributed by atoms with Crippen molar-refractivity contribution in [2.45, 2.75) is 39.7 Å². The van der Waals surface area contributed by atoms with Crippen LogP contribution in [0.5, 0.6) is 0 Å². The summed E-state index contributed by atoms with van der Waals surface area (Å²) in [7, 11) is 0. The van der Waals surface area contributed by atoms with Gasteiger partial charge in [0.1, 0.15) is 0 Å². The number of hydrogen-bond donors (Lipinski definition) is 3. The molecule has 1 heterocycles. The number of nitrogens with zero attached hydrogens (tertiary/aromatic N) is 3. The quantitative estimate of drug-likeness (QED) is 0.182. The third-order valence-electron chi connectivity index (χ3n) is 5.40. The lowest BCUT2D eigenvalue weighted by molar-refractivity contribution is 0.478. The van der Waals surface area contributed by atoms with Gasteiger partial charge < -0.3 is 22.1 Å². The molecule has 0 amide bonds. The van der Waals surface area contributed by atoms with E-state index in [2.05, 4.69) is 95.5 Å². The second-order valence-electron chi connectivity index (χ2n) is 8.32. The van der Waals surface area contributed by atoms with Crippen molar-refractivity contribution in [1.29, 1.82) is 0 Å². The van der Waals surface area contributed by atoms with Crippen LogP contribution in [0.4, 0.5) is 0 Å². The van der Waals surface area contributed by atoms with Gasteiger partial charge in [-0.1, -0.05) is 85.0 Å². The number of hydrogen-bond acceptors (Lipinski definition) is 4. The Bertz CT molecular complexity index is 1070. The maximum atomic E-state index is 5.55. The van der Waals surface area contributed by atoms with Gasteiger partial charge in [-0.05, 0) is 61.9 Å². The van der Waals surface area contributed by atoms with E-state index in [9.17, 15) is 0 Å². The van der Waals surface area contributed by atoms with Gasteiger partial charge >= 0.3 is 0 Å². The Morgan fingerprint density at radius 2 is 1.69 bits per heavy atom. The largest absolute Gasteiger partial charge is 0.370 e. The van der Waals surface area contributed by atoms with Crippen LogP contribution in [0.15, 0.2) is 112 Å². The standard InChI is InChI=1S/C18H25N.C12H15N5/c1-3-11-16(4-2)18(14-9-6-10-15-19)17-12-7-5-8-13-17;13-12(14)15-6-11-8-17(9-16-11)7-10-4-2-1-3-5-10/h3-5,7-8,11-14H,6,9-10,15,19H2,1-2H3;1-6,9H,7-8H2,(H4,13,14,15)/b11-3-,16-4+,18-14+;11-6+. The van der Waals surface area contributed by atoms with E-state index in [0.717, 1.165) is 44.6 Å². The van der Waals surface area contributed by atoms with Crippen LogP contribution in [0.1, 0.15) is 44.2 Å². The Hall–Kier alpha value is -3.90. The highest BCUT2D eigenvalue weighted by Crippen LogP contribution is 2.25. The zero-order valence-corrected chi connectivity index (χ0v) is 21.6. The summed E-state index contributed by atoms with van der Waals surface area (Å²) in [5.41, 5.74) is 22.0. The Balaban J connectivity index is 0.000000255. The highest BCUT2D eigenvalue weighted by Gasteiger charge is 2.10. The van der Waals surface area contributed by atoms with Gasteiger partial charge in [-0.2, -0.15) is 0 Å². The Morgan fingerprint density at radius 3 is 2.31 bits per heavy atom. The van der Waals surface area contributed by atoms with Crippen LogP contribution in [-0.4, -0.2) is 30.3 Å². The lowest BCUT2D eigenvalue weighted by atomic mass is 9.95. The van der Waals surface area contributed by atoms with Crippen LogP contribution in [0.2, 0.25) is 0 Å². The van der Waals surface area contributed by atoms with Gasteiger partial charge in [-0.15, -0.1) is 0 Å². The van der Waals surface area contributed by atoms with Crippen molar-refractivity contribution >= 4 is 17.9 Å². The molecule has 3 rings (SSSR count). The molecule has 6 nitrogen and oxygen atoms in total. The van der Waals surface area contributed by atoms with Crippen LogP contribution < -0.4 is 17.2 Å². The molecule has 1 aliphatic heterocycles. The molecule has 0 saturated carbocycles. The van der Waals surface area contributed by atoms with Crippen LogP contribution in [0.25, 0.3) is 5.57 Å². The number of guanidine groups is 1. The molecule has 0 saturated heterocycles. The van der Waals surface area contributed by atoms with E-state index in [1.807, 2.05) is 18.2 Å². The highest BCUT2D eigenvalue weighted by atomic mass is 15.2. The smallest absolute Gasteiger partial charge is 0.190 e. The number of aliphatic imine (C=N–C) groups is 2. The number of unbranched alkanes of at least 4 members (excludes halogenated alkanes) is 2. The Kier molecular flexibility index (Phi) is 13.1. The number of nitrogens with two attached hydrogens (primary N) is 3. The zero-order chi connectivity index (χ0) is 26.0. The topological polar surface area (TPSA) is 106 Å². The first-order valence-corrected chi connectivity index (χ1v) is 12.4. The van der Waals surface area contributed by atoms with Crippen LogP contribution >= 0.6 is 0 Å². The van der Waals surface area contributed by atoms with Crippen molar-refractivity contribution in [3.8, 4) is 0 Å². The van der Waals surface area contributed by atoms with Crippen LogP contribution in [0, 0.1) is 0 Å². The molecule has 2 aromatic rings. The zero-order valence-electron chi connectivity index (χ0n) is 21.6. The summed E-state index contributed by atoms with van der Waals surface area (Å²) >= 11 is 0. The van der Waals surface area contributed by atoms with E-state index >= 15 is 0 Å². The fourth-order valence-electron chi connectivity index (χ4n) is 3.66. The van der Waals surface area contributed by atoms with Crippen molar-refractivity contribution in [2.24, 2.45) is 27.2 Å². The molecule has 0 spiro atoms. The molecular formula is C30H40N6. The van der Waals surface area contributed by atoms with Crippen molar-refractivity contribution in [3.05, 3.63) is 114 Å². The third kappa shape index (κ3) is 10.6. The summed E-state index contributed by atoms with van der Waals surface area (Å²) in [5, 5.41) is 0. The maximum Gasteiger partial charge on any atom is 0.190 e. The molecule has 190 valence electrons. The van der Waals surface area contributed by atoms with Crippen molar-refractivity contribution < 1.29 is 0 Å². The molecule has 0 aliphatic carbocycles. The molecule has 0 aromatic heterocycles. The monoisotopic (exact) mass is 484 g/mol. The van der Waals surface area contributed by atoms with E-state index in [0.29, 0.717) is 0 Å². The minimum Gasteiger partial charge on any atom is -0.370 e. The lowest BCUT2D eigenvalue weighted by Gasteiger charge is -2.13. The molecule has 6 heteroatoms. The lowest BCUT2D eigenvalue weighted by Crippen LogP contribution is -2.22. The molecule has 0 fully saturated rings. The van der Waals surface area contributed by atoms with Crippen molar-refractivity contribution in [3.63, 3.8) is 0 Å². The molecular weight excluding hydrogens is 444 g/mol. The van der Waals surface area contributed by atoms with Crippen molar-refractivity contribution in [1.82, 2.24) is 4.90 Å². The van der Waals surface area contributed by atoms with Gasteiger partial charge in [-0.3, -0.25) is 0 Å². The summed E-state index contributed by atoms with van der Waals surface area (Å²) < 4.78 is 0. The molecule has 6 N–H and O–H groups in total. The average Bonchev–Trinajstić information content (AvgIpc) is 3.35. The maximum absolute atomic E-state index is 5.55. The number of rotatable bonds is 10. The first-order valence-electron chi connectivity index (χ1n) is 12.4. The highest BCUT2D eigenvalue weighted by molar-refractivity contribution is 5.81. The molecule has 0 atom stereocenters. The van der Waals surface area contributed by atoms with Crippen LogP contribution in [-0.2, 0) is 6.54 Å². The van der Waals surface area contributed by atoms with Gasteiger partial charge in [0.2, 0.25) is 0 Å². The minimum absolute atomic E-state index is 0.0502. The van der Waals surface area contributed by atoms with E-state index < -0.39 is 0 Å². The Labute approximate surface area is 216 Å². The second kappa shape index (κ2) is 16.7. The predicted molar refractivity (Wildman–Crippen MR) is 155 cm³/mol. The SMILES string of the molecule is C\C=C/C(=C\C)C(=C\CCCCN)/c1ccccc1.NC(N)=N/C=C1\CN(Cc2ccccc2)C=N1. The summed E-state index contributed by atoms with van der Waals surface area (Å²) in [6.45, 7) is 6.49. The number of benzene rings is 2. The summed E-state index contributed by atoms with van der Waals surface area (Å²) in [5.74, 6) is 0.0502. The van der Waals surface area contributed by atoms with Gasteiger partial charge in [0, 0.05) is 6.54 Å². The molecule has 0 unspecified atom stereocenters. The summed E-state index contributed by atoms with van der Waals surface area (Å²) in [6.07, 6.45) is 15.5. The Morgan fingerprint density at radius 1 is 1.00 bits per heavy atom. The van der Waals surface area contributed by atoms with Crippen LogP contribution in [0.3, 0.4) is 0 Å². The van der Waals surface area contributed by atoms with E-state index in [1.54, 1.807) is 12.5 Å². The third-order valence-corrected chi connectivity index (χ3v) is 5.40. The minimum atomic E-state index is 0.0502. The molecule has 1 aliphatic rings. The fourth-order valence-corrected chi connectivity index (χ4v) is 3.66. The van der Waals surface area contributed by atoms with Gasteiger partial charge in [0.15, 0.2) is 5.96 Å². The van der Waals surface area contributed by atoms with Gasteiger partial charge in [0.25, 0.3) is 0 Å². The van der Waals surface area contributed by atoms with E-state index in [-0.39, 0.29) is 5.96 Å². The fraction of sp³-hybridized carbons (Fsp3) is 0.267. The molecule has 36 heavy (non-hydrogen) atoms. The summed E-state index contributed by atoms with van der Waals surface area (Å²) in [6, 6.07) is 20.8. The van der Waals surface area contributed by atoms with E-state index in [4.69, 9.17) is 17.2 Å². The first-order chi connectivity index (χ1) is 17.6. The average molecular weight is 485 g/mol. The molecule has 0 radical (unpaired) electrons. The molecule has 0 bridgehead atoms. The van der Waals surface area contributed by atoms with Crippen molar-refractivity contribution in [2.75, 3.05) is 13.1 Å². The summed E-state index contributed by atoms with van der Waals surface area (Å²) in [4.78, 5) is 10.1. The molecule has 2 aromatic carbocycles. The van der Waals surface area contributed by atoms with Gasteiger partial charge in [0.05, 0.1) is 24.8 Å². The van der Waals surface area contributed by atoms with Gasteiger partial charge in [-0.25, -0.2) is 9.98 Å². The second-order valence-corrected chi connectivity index (χ2v) is 8.32. The number of allylic oxidation sites excluding steroid dienone is 6. The van der Waals surface area contributed by atoms with E-state index in [1.165, 1.54) is 22.3 Å². The first kappa shape index (κ1) is 28.3. The predicted octanol–water partition coefficient (Wildman–Crippen LogP) is 5.37. The normalized spacial score (nSPS) is 14.8.